The Labute approximate surface area is 174 Å². The van der Waals surface area contributed by atoms with Gasteiger partial charge in [-0.05, 0) is 32.8 Å². The van der Waals surface area contributed by atoms with Crippen molar-refractivity contribution < 1.29 is 28.1 Å². The average molecular weight is 427 g/mol. The Morgan fingerprint density at radius 2 is 1.69 bits per heavy atom. The fourth-order valence-electron chi connectivity index (χ4n) is 2.46. The molecule has 0 heterocycles. The smallest absolute Gasteiger partial charge is 0.408 e. The lowest BCUT2D eigenvalue weighted by molar-refractivity contribution is -0.145. The first-order valence-corrected chi connectivity index (χ1v) is 11.0. The van der Waals surface area contributed by atoms with E-state index in [-0.39, 0.29) is 18.6 Å². The molecule has 29 heavy (non-hydrogen) atoms. The highest BCUT2D eigenvalue weighted by Gasteiger charge is 2.29. The first-order chi connectivity index (χ1) is 13.5. The Bertz CT molecular complexity index is 717. The number of nitrogens with one attached hydrogen (secondary N) is 2. The number of hydrogen-bond donors (Lipinski definition) is 2. The number of benzene rings is 1. The SMILES string of the molecule is COC(=O)[C@H](Cc1ccccc1)NC(=O)[C@@H](CCS(C)=O)NC(=O)OC(C)(C)C. The van der Waals surface area contributed by atoms with Gasteiger partial charge in [0.2, 0.25) is 5.91 Å². The zero-order chi connectivity index (χ0) is 22.0. The Balaban J connectivity index is 2.90. The van der Waals surface area contributed by atoms with E-state index in [1.165, 1.54) is 13.4 Å². The molecule has 2 amide bonds. The molecule has 162 valence electrons. The van der Waals surface area contributed by atoms with Crippen LogP contribution < -0.4 is 10.6 Å². The van der Waals surface area contributed by atoms with Crippen LogP contribution in [0.15, 0.2) is 30.3 Å². The predicted molar refractivity (Wildman–Crippen MR) is 111 cm³/mol. The lowest BCUT2D eigenvalue weighted by Crippen LogP contribution is -2.53. The van der Waals surface area contributed by atoms with Gasteiger partial charge in [0.05, 0.1) is 7.11 Å². The fraction of sp³-hybridized carbons (Fsp3) is 0.550. The molecular weight excluding hydrogens is 396 g/mol. The third kappa shape index (κ3) is 10.1. The quantitative estimate of drug-likeness (QED) is 0.580. The van der Waals surface area contributed by atoms with Gasteiger partial charge in [0.15, 0.2) is 0 Å². The summed E-state index contributed by atoms with van der Waals surface area (Å²) in [6.07, 6.45) is 1.11. The van der Waals surface area contributed by atoms with Crippen molar-refractivity contribution in [3.8, 4) is 0 Å². The van der Waals surface area contributed by atoms with Crippen molar-refractivity contribution in [2.24, 2.45) is 0 Å². The number of ether oxygens (including phenoxy) is 2. The minimum absolute atomic E-state index is 0.132. The number of methoxy groups -OCH3 is 1. The molecule has 1 aromatic rings. The average Bonchev–Trinajstić information content (AvgIpc) is 2.63. The summed E-state index contributed by atoms with van der Waals surface area (Å²) < 4.78 is 21.5. The van der Waals surface area contributed by atoms with E-state index in [4.69, 9.17) is 9.47 Å². The van der Waals surface area contributed by atoms with Crippen LogP contribution in [-0.4, -0.2) is 59.0 Å². The lowest BCUT2D eigenvalue weighted by Gasteiger charge is -2.24. The molecule has 0 aliphatic rings. The Kier molecular flexibility index (Phi) is 9.80. The van der Waals surface area contributed by atoms with Crippen LogP contribution in [0.1, 0.15) is 32.8 Å². The molecule has 0 aliphatic heterocycles. The monoisotopic (exact) mass is 426 g/mol. The molecule has 0 saturated heterocycles. The summed E-state index contributed by atoms with van der Waals surface area (Å²) in [6, 6.07) is 7.24. The molecular formula is C20H30N2O6S. The van der Waals surface area contributed by atoms with Crippen LogP contribution in [0.25, 0.3) is 0 Å². The third-order valence-electron chi connectivity index (χ3n) is 3.79. The molecule has 0 saturated carbocycles. The highest BCUT2D eigenvalue weighted by molar-refractivity contribution is 7.84. The molecule has 8 nitrogen and oxygen atoms in total. The number of carbonyl (C=O) groups is 3. The van der Waals surface area contributed by atoms with Gasteiger partial charge in [-0.2, -0.15) is 0 Å². The van der Waals surface area contributed by atoms with Gasteiger partial charge in [0, 0.05) is 29.2 Å². The molecule has 0 bridgehead atoms. The van der Waals surface area contributed by atoms with E-state index < -0.39 is 46.5 Å². The Hall–Kier alpha value is -2.42. The molecule has 1 rings (SSSR count). The number of amides is 2. The second kappa shape index (κ2) is 11.5. The molecule has 0 aliphatic carbocycles. The zero-order valence-corrected chi connectivity index (χ0v) is 18.3. The number of rotatable bonds is 9. The van der Waals surface area contributed by atoms with Crippen LogP contribution in [0.5, 0.6) is 0 Å². The molecule has 9 heteroatoms. The summed E-state index contributed by atoms with van der Waals surface area (Å²) in [5, 5.41) is 5.12. The molecule has 0 fully saturated rings. The summed E-state index contributed by atoms with van der Waals surface area (Å²) in [4.78, 5) is 37.0. The van der Waals surface area contributed by atoms with Crippen molar-refractivity contribution in [2.75, 3.05) is 19.1 Å². The molecule has 0 radical (unpaired) electrons. The summed E-state index contributed by atoms with van der Waals surface area (Å²) in [5.41, 5.74) is 0.107. The van der Waals surface area contributed by atoms with Gasteiger partial charge >= 0.3 is 12.1 Å². The largest absolute Gasteiger partial charge is 0.467 e. The van der Waals surface area contributed by atoms with E-state index in [9.17, 15) is 18.6 Å². The van der Waals surface area contributed by atoms with Crippen molar-refractivity contribution >= 4 is 28.8 Å². The van der Waals surface area contributed by atoms with Crippen molar-refractivity contribution in [1.82, 2.24) is 10.6 Å². The third-order valence-corrected chi connectivity index (χ3v) is 4.60. The van der Waals surface area contributed by atoms with E-state index in [0.717, 1.165) is 5.56 Å². The van der Waals surface area contributed by atoms with Crippen molar-refractivity contribution in [3.05, 3.63) is 35.9 Å². The molecule has 0 spiro atoms. The standard InChI is InChI=1S/C20H30N2O6S/c1-20(2,3)28-19(25)22-15(11-12-29(5)26)17(23)21-16(18(24)27-4)13-14-9-7-6-8-10-14/h6-10,15-16H,11-13H2,1-5H3,(H,21,23)(H,22,25)/t15-,16+,29?/m1/s1. The predicted octanol–water partition coefficient (Wildman–Crippen LogP) is 1.55. The molecule has 2 N–H and O–H groups in total. The van der Waals surface area contributed by atoms with E-state index in [1.807, 2.05) is 30.3 Å². The van der Waals surface area contributed by atoms with Gasteiger partial charge in [-0.1, -0.05) is 30.3 Å². The highest BCUT2D eigenvalue weighted by atomic mass is 32.2. The fourth-order valence-corrected chi connectivity index (χ4v) is 3.03. The summed E-state index contributed by atoms with van der Waals surface area (Å²) in [7, 11) is 0.0844. The van der Waals surface area contributed by atoms with Crippen LogP contribution in [0.3, 0.4) is 0 Å². The van der Waals surface area contributed by atoms with E-state index in [1.54, 1.807) is 20.8 Å². The molecule has 1 aromatic carbocycles. The number of alkyl carbamates (subject to hydrolysis) is 1. The molecule has 1 unspecified atom stereocenters. The van der Waals surface area contributed by atoms with Crippen LogP contribution in [0.4, 0.5) is 4.79 Å². The van der Waals surface area contributed by atoms with E-state index in [2.05, 4.69) is 10.6 Å². The van der Waals surface area contributed by atoms with Gasteiger partial charge in [0.1, 0.15) is 17.7 Å². The molecule has 0 aromatic heterocycles. The second-order valence-corrected chi connectivity index (χ2v) is 9.09. The summed E-state index contributed by atoms with van der Waals surface area (Å²) in [5.74, 6) is -0.972. The van der Waals surface area contributed by atoms with Crippen molar-refractivity contribution in [3.63, 3.8) is 0 Å². The lowest BCUT2D eigenvalue weighted by atomic mass is 10.1. The van der Waals surface area contributed by atoms with Crippen molar-refractivity contribution in [1.29, 1.82) is 0 Å². The van der Waals surface area contributed by atoms with Crippen LogP contribution in [0, 0.1) is 0 Å². The van der Waals surface area contributed by atoms with Crippen LogP contribution >= 0.6 is 0 Å². The maximum atomic E-state index is 12.8. The normalized spacial score (nSPS) is 14.2. The Morgan fingerprint density at radius 1 is 1.07 bits per heavy atom. The topological polar surface area (TPSA) is 111 Å². The maximum Gasteiger partial charge on any atom is 0.408 e. The summed E-state index contributed by atoms with van der Waals surface area (Å²) >= 11 is 0. The second-order valence-electron chi connectivity index (χ2n) is 7.54. The van der Waals surface area contributed by atoms with Gasteiger partial charge in [-0.3, -0.25) is 9.00 Å². The van der Waals surface area contributed by atoms with Gasteiger partial charge in [0.25, 0.3) is 0 Å². The van der Waals surface area contributed by atoms with E-state index >= 15 is 0 Å². The minimum Gasteiger partial charge on any atom is -0.467 e. The first-order valence-electron chi connectivity index (χ1n) is 9.23. The highest BCUT2D eigenvalue weighted by Crippen LogP contribution is 2.09. The van der Waals surface area contributed by atoms with Crippen LogP contribution in [0.2, 0.25) is 0 Å². The first kappa shape index (κ1) is 24.6. The minimum atomic E-state index is -1.15. The number of hydrogen-bond acceptors (Lipinski definition) is 6. The van der Waals surface area contributed by atoms with E-state index in [0.29, 0.717) is 0 Å². The van der Waals surface area contributed by atoms with Crippen LogP contribution in [-0.2, 0) is 36.3 Å². The number of carbonyl (C=O) groups excluding carboxylic acids is 3. The zero-order valence-electron chi connectivity index (χ0n) is 17.5. The number of esters is 1. The van der Waals surface area contributed by atoms with Gasteiger partial charge < -0.3 is 20.1 Å². The Morgan fingerprint density at radius 3 is 2.21 bits per heavy atom. The van der Waals surface area contributed by atoms with Gasteiger partial charge in [-0.25, -0.2) is 9.59 Å². The maximum absolute atomic E-state index is 12.8. The molecule has 3 atom stereocenters. The summed E-state index contributed by atoms with van der Waals surface area (Å²) in [6.45, 7) is 5.11. The van der Waals surface area contributed by atoms with Gasteiger partial charge in [-0.15, -0.1) is 0 Å². The van der Waals surface area contributed by atoms with Crippen molar-refractivity contribution in [2.45, 2.75) is 51.3 Å².